The van der Waals surface area contributed by atoms with E-state index in [0.29, 0.717) is 12.8 Å². The highest BCUT2D eigenvalue weighted by atomic mass is 19.4. The lowest BCUT2D eigenvalue weighted by Crippen LogP contribution is -2.58. The van der Waals surface area contributed by atoms with Crippen LogP contribution in [-0.4, -0.2) is 47.9 Å². The molecule has 2 atom stereocenters. The Morgan fingerprint density at radius 2 is 1.54 bits per heavy atom. The predicted molar refractivity (Wildman–Crippen MR) is 120 cm³/mol. The van der Waals surface area contributed by atoms with Crippen LogP contribution in [0.3, 0.4) is 0 Å². The maximum absolute atomic E-state index is 13.6. The Balaban J connectivity index is 1.42. The van der Waals surface area contributed by atoms with Crippen LogP contribution in [0, 0.1) is 5.92 Å². The molecule has 2 unspecified atom stereocenters. The van der Waals surface area contributed by atoms with Crippen molar-refractivity contribution in [2.45, 2.75) is 49.9 Å². The number of halogens is 3. The zero-order valence-corrected chi connectivity index (χ0v) is 18.7. The highest BCUT2D eigenvalue weighted by Crippen LogP contribution is 2.44. The Morgan fingerprint density at radius 3 is 2.03 bits per heavy atom. The number of hydrogen-bond donors (Lipinski definition) is 3. The molecule has 2 amide bonds. The minimum atomic E-state index is -5.09. The van der Waals surface area contributed by atoms with Crippen LogP contribution >= 0.6 is 0 Å². The number of alkyl carbamates (subject to hydrolysis) is 1. The van der Waals surface area contributed by atoms with Crippen molar-refractivity contribution in [3.8, 4) is 11.1 Å². The van der Waals surface area contributed by atoms with Gasteiger partial charge < -0.3 is 20.5 Å². The van der Waals surface area contributed by atoms with Crippen molar-refractivity contribution in [2.24, 2.45) is 5.92 Å². The molecule has 0 spiro atoms. The van der Waals surface area contributed by atoms with Crippen molar-refractivity contribution in [3.63, 3.8) is 0 Å². The molecule has 0 radical (unpaired) electrons. The summed E-state index contributed by atoms with van der Waals surface area (Å²) in [6.07, 6.45) is -4.92. The van der Waals surface area contributed by atoms with Crippen molar-refractivity contribution in [1.29, 1.82) is 0 Å². The van der Waals surface area contributed by atoms with Gasteiger partial charge in [0.25, 0.3) is 5.91 Å². The van der Waals surface area contributed by atoms with Crippen LogP contribution in [0.15, 0.2) is 48.5 Å². The second kappa shape index (κ2) is 9.97. The van der Waals surface area contributed by atoms with Gasteiger partial charge in [-0.3, -0.25) is 9.59 Å². The topological polar surface area (TPSA) is 105 Å². The lowest BCUT2D eigenvalue weighted by atomic mass is 9.78. The van der Waals surface area contributed by atoms with Gasteiger partial charge in [-0.2, -0.15) is 13.2 Å². The summed E-state index contributed by atoms with van der Waals surface area (Å²) in [4.78, 5) is 35.9. The molecule has 0 bridgehead atoms. The smallest absolute Gasteiger partial charge is 0.417 e. The molecule has 3 N–H and O–H groups in total. The third-order valence-electron chi connectivity index (χ3n) is 6.64. The number of alkyl halides is 3. The Morgan fingerprint density at radius 1 is 0.971 bits per heavy atom. The zero-order valence-electron chi connectivity index (χ0n) is 18.7. The van der Waals surface area contributed by atoms with Gasteiger partial charge in [-0.25, -0.2) is 4.79 Å². The van der Waals surface area contributed by atoms with Gasteiger partial charge >= 0.3 is 18.2 Å². The molecule has 7 nitrogen and oxygen atoms in total. The van der Waals surface area contributed by atoms with Crippen LogP contribution in [0.2, 0.25) is 0 Å². The molecule has 10 heteroatoms. The first-order valence-corrected chi connectivity index (χ1v) is 11.4. The molecule has 2 aromatic rings. The second-order valence-corrected chi connectivity index (χ2v) is 8.85. The number of nitrogens with one attached hydrogen (secondary N) is 2. The summed E-state index contributed by atoms with van der Waals surface area (Å²) in [5.74, 6) is -3.30. The summed E-state index contributed by atoms with van der Waals surface area (Å²) in [5.41, 5.74) is 3.71. The number of aliphatic carboxylic acids is 1. The lowest BCUT2D eigenvalue weighted by Gasteiger charge is -2.34. The summed E-state index contributed by atoms with van der Waals surface area (Å²) in [5, 5.41) is 12.9. The third kappa shape index (κ3) is 5.41. The average molecular weight is 490 g/mol. The van der Waals surface area contributed by atoms with Gasteiger partial charge in [-0.1, -0.05) is 55.0 Å². The minimum absolute atomic E-state index is 0.210. The van der Waals surface area contributed by atoms with E-state index in [1.807, 2.05) is 48.5 Å². The van der Waals surface area contributed by atoms with Crippen molar-refractivity contribution < 1.29 is 37.4 Å². The van der Waals surface area contributed by atoms with Gasteiger partial charge in [0.05, 0.1) is 6.42 Å². The van der Waals surface area contributed by atoms with Gasteiger partial charge in [0.1, 0.15) is 6.61 Å². The highest BCUT2D eigenvalue weighted by molar-refractivity contribution is 5.87. The molecule has 1 saturated carbocycles. The van der Waals surface area contributed by atoms with E-state index in [4.69, 9.17) is 9.84 Å². The first kappa shape index (κ1) is 24.6. The molecule has 186 valence electrons. The van der Waals surface area contributed by atoms with Gasteiger partial charge in [0.15, 0.2) is 0 Å². The summed E-state index contributed by atoms with van der Waals surface area (Å²) < 4.78 is 46.0. The highest BCUT2D eigenvalue weighted by Gasteiger charge is 2.47. The molecule has 4 rings (SSSR count). The minimum Gasteiger partial charge on any atom is -0.481 e. The van der Waals surface area contributed by atoms with Crippen LogP contribution in [0.1, 0.15) is 42.7 Å². The third-order valence-corrected chi connectivity index (χ3v) is 6.64. The first-order chi connectivity index (χ1) is 16.6. The van der Waals surface area contributed by atoms with Crippen molar-refractivity contribution >= 4 is 18.0 Å². The number of rotatable bonds is 8. The van der Waals surface area contributed by atoms with Gasteiger partial charge in [-0.15, -0.1) is 0 Å². The molecule has 2 aromatic carbocycles. The maximum Gasteiger partial charge on any atom is 0.417 e. The molecular weight excluding hydrogens is 465 g/mol. The Kier molecular flexibility index (Phi) is 7.00. The second-order valence-electron chi connectivity index (χ2n) is 8.85. The number of carboxylic acid groups (broad SMARTS) is 1. The number of hydrogen-bond acceptors (Lipinski definition) is 4. The molecule has 2 aliphatic carbocycles. The standard InChI is InChI=1S/C25H25F3N2O5/c26-25(27,28)22(23(33)29-20(12-21(31)32)14-6-5-7-14)30-24(34)35-13-19-17-10-3-1-8-15(17)16-9-2-4-11-18(16)19/h1-4,8-11,14,19-20,22H,5-7,12-13H2,(H,29,33)(H,30,34)(H,31,32). The first-order valence-electron chi connectivity index (χ1n) is 11.4. The fourth-order valence-electron chi connectivity index (χ4n) is 4.69. The molecule has 0 aromatic heterocycles. The van der Waals surface area contributed by atoms with Crippen molar-refractivity contribution in [3.05, 3.63) is 59.7 Å². The van der Waals surface area contributed by atoms with E-state index < -0.39 is 42.7 Å². The van der Waals surface area contributed by atoms with Gasteiger partial charge in [0.2, 0.25) is 6.04 Å². The Hall–Kier alpha value is -3.56. The number of carboxylic acids is 1. The Labute approximate surface area is 199 Å². The molecule has 2 aliphatic rings. The van der Waals surface area contributed by atoms with Crippen LogP contribution in [-0.2, 0) is 14.3 Å². The number of fused-ring (bicyclic) bond motifs is 3. The quantitative estimate of drug-likeness (QED) is 0.514. The Bertz CT molecular complexity index is 1070. The zero-order chi connectivity index (χ0) is 25.2. The van der Waals surface area contributed by atoms with Crippen molar-refractivity contribution in [1.82, 2.24) is 10.6 Å². The average Bonchev–Trinajstić information content (AvgIpc) is 3.07. The molecule has 0 saturated heterocycles. The van der Waals surface area contributed by atoms with Gasteiger partial charge in [-0.05, 0) is 41.0 Å². The largest absolute Gasteiger partial charge is 0.481 e. The number of carbonyl (C=O) groups is 3. The fraction of sp³-hybridized carbons (Fsp3) is 0.400. The summed E-state index contributed by atoms with van der Waals surface area (Å²) in [6, 6.07) is 11.2. The lowest BCUT2D eigenvalue weighted by molar-refractivity contribution is -0.168. The molecule has 1 fully saturated rings. The SMILES string of the molecule is O=C(O)CC(NC(=O)C(NC(=O)OCC1c2ccccc2-c2ccccc21)C(F)(F)F)C1CCC1. The van der Waals surface area contributed by atoms with E-state index in [9.17, 15) is 27.6 Å². The maximum atomic E-state index is 13.6. The molecule has 0 heterocycles. The molecule has 35 heavy (non-hydrogen) atoms. The van der Waals surface area contributed by atoms with Crippen LogP contribution < -0.4 is 10.6 Å². The predicted octanol–water partition coefficient (Wildman–Crippen LogP) is 4.22. The number of ether oxygens (including phenoxy) is 1. The van der Waals surface area contributed by atoms with E-state index in [2.05, 4.69) is 5.32 Å². The number of benzene rings is 2. The van der Waals surface area contributed by atoms with Crippen LogP contribution in [0.4, 0.5) is 18.0 Å². The normalized spacial score (nSPS) is 16.9. The summed E-state index contributed by atoms with van der Waals surface area (Å²) in [7, 11) is 0. The van der Waals surface area contributed by atoms with E-state index in [1.165, 1.54) is 0 Å². The van der Waals surface area contributed by atoms with Crippen LogP contribution in [0.5, 0.6) is 0 Å². The summed E-state index contributed by atoms with van der Waals surface area (Å²) in [6.45, 7) is -0.213. The number of carbonyl (C=O) groups excluding carboxylic acids is 2. The van der Waals surface area contributed by atoms with E-state index in [0.717, 1.165) is 28.7 Å². The van der Waals surface area contributed by atoms with E-state index >= 15 is 0 Å². The fourth-order valence-corrected chi connectivity index (χ4v) is 4.69. The van der Waals surface area contributed by atoms with Crippen LogP contribution in [0.25, 0.3) is 11.1 Å². The monoisotopic (exact) mass is 490 g/mol. The summed E-state index contributed by atoms with van der Waals surface area (Å²) >= 11 is 0. The van der Waals surface area contributed by atoms with E-state index in [-0.39, 0.29) is 18.4 Å². The van der Waals surface area contributed by atoms with E-state index in [1.54, 1.807) is 5.32 Å². The molecule has 0 aliphatic heterocycles. The van der Waals surface area contributed by atoms with Gasteiger partial charge in [0, 0.05) is 12.0 Å². The number of amides is 2. The molecular formula is C25H25F3N2O5. The van der Waals surface area contributed by atoms with Crippen molar-refractivity contribution in [2.75, 3.05) is 6.61 Å².